The van der Waals surface area contributed by atoms with Crippen LogP contribution in [0.5, 0.6) is 0 Å². The van der Waals surface area contributed by atoms with Crippen molar-refractivity contribution in [2.24, 2.45) is 5.73 Å². The van der Waals surface area contributed by atoms with E-state index in [1.54, 1.807) is 0 Å². The number of hydrogen-bond donors (Lipinski definition) is 5. The first-order chi connectivity index (χ1) is 14.2. The molecule has 6 N–H and O–H groups in total. The molecule has 164 valence electrons. The molecular formula is C20H28N4O6. The van der Waals surface area contributed by atoms with E-state index in [2.05, 4.69) is 10.6 Å². The first kappa shape index (κ1) is 23.3. The van der Waals surface area contributed by atoms with Crippen molar-refractivity contribution >= 4 is 23.7 Å². The number of amides is 3. The Bertz CT molecular complexity index is 770. The van der Waals surface area contributed by atoms with E-state index in [9.17, 15) is 24.3 Å². The molecule has 10 heteroatoms. The van der Waals surface area contributed by atoms with Crippen LogP contribution in [-0.2, 0) is 25.6 Å². The van der Waals surface area contributed by atoms with Gasteiger partial charge in [0.25, 0.3) is 0 Å². The number of carboxylic acids is 1. The molecule has 1 heterocycles. The van der Waals surface area contributed by atoms with E-state index in [0.29, 0.717) is 12.8 Å². The minimum absolute atomic E-state index is 0.261. The third kappa shape index (κ3) is 6.26. The molecule has 1 aromatic rings. The fraction of sp³-hybridized carbons (Fsp3) is 0.500. The lowest BCUT2D eigenvalue weighted by Crippen LogP contribution is -2.59. The summed E-state index contributed by atoms with van der Waals surface area (Å²) < 4.78 is 0. The summed E-state index contributed by atoms with van der Waals surface area (Å²) in [5, 5.41) is 23.5. The summed E-state index contributed by atoms with van der Waals surface area (Å²) in [6, 6.07) is 6.10. The number of carbonyl (C=O) groups is 4. The Hall–Kier alpha value is -2.98. The molecule has 3 amide bonds. The van der Waals surface area contributed by atoms with Gasteiger partial charge in [-0.2, -0.15) is 0 Å². The number of nitrogens with one attached hydrogen (secondary N) is 2. The van der Waals surface area contributed by atoms with Gasteiger partial charge in [0, 0.05) is 6.54 Å². The maximum Gasteiger partial charge on any atom is 0.322 e. The standard InChI is InChI=1S/C20H28N4O6/c1-12(25)17(23-18(28)14(21)10-13-6-3-2-4-7-13)20(30)24-9-5-8-15(24)19(29)22-11-16(26)27/h2-4,6-7,12,14-15,17,25H,5,8-11,21H2,1H3,(H,22,29)(H,23,28)(H,26,27). The molecule has 0 spiro atoms. The minimum atomic E-state index is -1.27. The molecule has 1 aliphatic rings. The monoisotopic (exact) mass is 420 g/mol. The highest BCUT2D eigenvalue weighted by molar-refractivity contribution is 5.94. The number of benzene rings is 1. The summed E-state index contributed by atoms with van der Waals surface area (Å²) in [6.07, 6.45) is -0.0401. The Morgan fingerprint density at radius 2 is 1.90 bits per heavy atom. The van der Waals surface area contributed by atoms with Gasteiger partial charge in [0.2, 0.25) is 17.7 Å². The molecule has 4 unspecified atom stereocenters. The Kier molecular flexibility index (Phi) is 8.31. The molecule has 0 saturated carbocycles. The molecule has 1 aromatic carbocycles. The van der Waals surface area contributed by atoms with Crippen LogP contribution in [0.3, 0.4) is 0 Å². The van der Waals surface area contributed by atoms with Gasteiger partial charge in [0.15, 0.2) is 0 Å². The van der Waals surface area contributed by atoms with Crippen molar-refractivity contribution < 1.29 is 29.4 Å². The molecule has 0 aliphatic carbocycles. The maximum atomic E-state index is 13.0. The third-order valence-corrected chi connectivity index (χ3v) is 4.93. The molecule has 10 nitrogen and oxygen atoms in total. The van der Waals surface area contributed by atoms with E-state index in [0.717, 1.165) is 5.56 Å². The predicted octanol–water partition coefficient (Wildman–Crippen LogP) is -1.39. The minimum Gasteiger partial charge on any atom is -0.480 e. The van der Waals surface area contributed by atoms with Gasteiger partial charge in [-0.05, 0) is 31.7 Å². The molecule has 30 heavy (non-hydrogen) atoms. The Morgan fingerprint density at radius 1 is 1.23 bits per heavy atom. The predicted molar refractivity (Wildman–Crippen MR) is 107 cm³/mol. The summed E-state index contributed by atoms with van der Waals surface area (Å²) in [4.78, 5) is 49.7. The molecule has 1 fully saturated rings. The molecule has 0 radical (unpaired) electrons. The van der Waals surface area contributed by atoms with E-state index < -0.39 is 54.5 Å². The van der Waals surface area contributed by atoms with Gasteiger partial charge in [0.05, 0.1) is 12.1 Å². The summed E-state index contributed by atoms with van der Waals surface area (Å²) in [5.74, 6) is -2.98. The topological polar surface area (TPSA) is 162 Å². The van der Waals surface area contributed by atoms with Crippen LogP contribution in [0.15, 0.2) is 30.3 Å². The van der Waals surface area contributed by atoms with E-state index >= 15 is 0 Å². The maximum absolute atomic E-state index is 13.0. The average Bonchev–Trinajstić information content (AvgIpc) is 3.20. The number of hydrogen-bond acceptors (Lipinski definition) is 6. The largest absolute Gasteiger partial charge is 0.480 e. The number of nitrogens with zero attached hydrogens (tertiary/aromatic N) is 1. The number of rotatable bonds is 9. The highest BCUT2D eigenvalue weighted by Gasteiger charge is 2.39. The van der Waals surface area contributed by atoms with Crippen LogP contribution in [0.1, 0.15) is 25.3 Å². The van der Waals surface area contributed by atoms with Gasteiger partial charge >= 0.3 is 5.97 Å². The molecule has 1 aliphatic heterocycles. The smallest absolute Gasteiger partial charge is 0.322 e. The zero-order valence-electron chi connectivity index (χ0n) is 16.8. The number of aliphatic carboxylic acids is 1. The van der Waals surface area contributed by atoms with Gasteiger partial charge < -0.3 is 31.5 Å². The highest BCUT2D eigenvalue weighted by Crippen LogP contribution is 2.19. The SMILES string of the molecule is CC(O)C(NC(=O)C(N)Cc1ccccc1)C(=O)N1CCCC1C(=O)NCC(=O)O. The van der Waals surface area contributed by atoms with Gasteiger partial charge in [-0.25, -0.2) is 0 Å². The van der Waals surface area contributed by atoms with Crippen LogP contribution in [0.4, 0.5) is 0 Å². The fourth-order valence-corrected chi connectivity index (χ4v) is 3.37. The summed E-state index contributed by atoms with van der Waals surface area (Å²) >= 11 is 0. The lowest BCUT2D eigenvalue weighted by atomic mass is 10.0. The fourth-order valence-electron chi connectivity index (χ4n) is 3.37. The average molecular weight is 420 g/mol. The van der Waals surface area contributed by atoms with E-state index in [4.69, 9.17) is 10.8 Å². The van der Waals surface area contributed by atoms with Crippen molar-refractivity contribution in [1.82, 2.24) is 15.5 Å². The summed E-state index contributed by atoms with van der Waals surface area (Å²) in [5.41, 5.74) is 6.81. The number of carboxylic acid groups (broad SMARTS) is 1. The van der Waals surface area contributed by atoms with Crippen LogP contribution >= 0.6 is 0 Å². The normalized spacial score (nSPS) is 18.9. The Labute approximate surface area is 174 Å². The molecule has 1 saturated heterocycles. The summed E-state index contributed by atoms with van der Waals surface area (Å²) in [6.45, 7) is 1.07. The van der Waals surface area contributed by atoms with Crippen LogP contribution in [0.25, 0.3) is 0 Å². The lowest BCUT2D eigenvalue weighted by Gasteiger charge is -2.30. The van der Waals surface area contributed by atoms with Gasteiger partial charge in [-0.15, -0.1) is 0 Å². The first-order valence-corrected chi connectivity index (χ1v) is 9.78. The molecule has 0 bridgehead atoms. The van der Waals surface area contributed by atoms with Crippen molar-refractivity contribution in [3.63, 3.8) is 0 Å². The second-order valence-electron chi connectivity index (χ2n) is 7.32. The molecule has 2 rings (SSSR count). The van der Waals surface area contributed by atoms with Crippen LogP contribution in [0.2, 0.25) is 0 Å². The highest BCUT2D eigenvalue weighted by atomic mass is 16.4. The second kappa shape index (κ2) is 10.7. The number of carbonyl (C=O) groups excluding carboxylic acids is 3. The van der Waals surface area contributed by atoms with Crippen LogP contribution in [-0.4, -0.2) is 76.1 Å². The Morgan fingerprint density at radius 3 is 2.50 bits per heavy atom. The van der Waals surface area contributed by atoms with Crippen molar-refractivity contribution in [3.05, 3.63) is 35.9 Å². The first-order valence-electron chi connectivity index (χ1n) is 9.78. The van der Waals surface area contributed by atoms with Gasteiger partial charge in [-0.3, -0.25) is 19.2 Å². The number of nitrogens with two attached hydrogens (primary N) is 1. The van der Waals surface area contributed by atoms with Crippen LogP contribution < -0.4 is 16.4 Å². The quantitative estimate of drug-likeness (QED) is 0.329. The van der Waals surface area contributed by atoms with Gasteiger partial charge in [-0.1, -0.05) is 30.3 Å². The van der Waals surface area contributed by atoms with Crippen molar-refractivity contribution in [2.45, 2.75) is 50.4 Å². The zero-order valence-corrected chi connectivity index (χ0v) is 16.8. The second-order valence-corrected chi connectivity index (χ2v) is 7.32. The third-order valence-electron chi connectivity index (χ3n) is 4.93. The Balaban J connectivity index is 2.03. The summed E-state index contributed by atoms with van der Waals surface area (Å²) in [7, 11) is 0. The van der Waals surface area contributed by atoms with Crippen molar-refractivity contribution in [2.75, 3.05) is 13.1 Å². The molecular weight excluding hydrogens is 392 g/mol. The van der Waals surface area contributed by atoms with E-state index in [1.165, 1.54) is 11.8 Å². The van der Waals surface area contributed by atoms with E-state index in [-0.39, 0.29) is 13.0 Å². The van der Waals surface area contributed by atoms with Crippen molar-refractivity contribution in [3.8, 4) is 0 Å². The molecule has 0 aromatic heterocycles. The number of likely N-dealkylation sites (tertiary alicyclic amines) is 1. The number of aliphatic hydroxyl groups excluding tert-OH is 1. The molecule has 4 atom stereocenters. The zero-order chi connectivity index (χ0) is 22.3. The van der Waals surface area contributed by atoms with E-state index in [1.807, 2.05) is 30.3 Å². The van der Waals surface area contributed by atoms with Gasteiger partial charge in [0.1, 0.15) is 18.6 Å². The lowest BCUT2D eigenvalue weighted by molar-refractivity contribution is -0.144. The number of aliphatic hydroxyl groups is 1. The van der Waals surface area contributed by atoms with Crippen molar-refractivity contribution in [1.29, 1.82) is 0 Å². The van der Waals surface area contributed by atoms with Crippen LogP contribution in [0, 0.1) is 0 Å².